The van der Waals surface area contributed by atoms with Crippen LogP contribution >= 0.6 is 11.3 Å². The lowest BCUT2D eigenvalue weighted by Crippen LogP contribution is -1.97. The van der Waals surface area contributed by atoms with E-state index in [1.807, 2.05) is 31.4 Å². The third-order valence-electron chi connectivity index (χ3n) is 3.78. The fourth-order valence-corrected chi connectivity index (χ4v) is 3.14. The first-order valence-corrected chi connectivity index (χ1v) is 8.37. The monoisotopic (exact) mass is 339 g/mol. The lowest BCUT2D eigenvalue weighted by Gasteiger charge is -2.02. The first-order chi connectivity index (χ1) is 11.4. The van der Waals surface area contributed by atoms with Crippen LogP contribution in [0, 0.1) is 20.8 Å². The third-order valence-corrected chi connectivity index (χ3v) is 4.49. The van der Waals surface area contributed by atoms with Crippen LogP contribution in [0.4, 0.5) is 5.69 Å². The van der Waals surface area contributed by atoms with Crippen molar-refractivity contribution in [3.8, 4) is 11.3 Å². The van der Waals surface area contributed by atoms with E-state index < -0.39 is 5.97 Å². The van der Waals surface area contributed by atoms with Crippen LogP contribution < -0.4 is 4.87 Å². The van der Waals surface area contributed by atoms with E-state index in [4.69, 9.17) is 9.52 Å². The summed E-state index contributed by atoms with van der Waals surface area (Å²) in [5.41, 5.74) is 5.11. The minimum atomic E-state index is -0.967. The van der Waals surface area contributed by atoms with Gasteiger partial charge in [-0.15, -0.1) is 0 Å². The fraction of sp³-hybridized carbons (Fsp3) is 0.158. The van der Waals surface area contributed by atoms with E-state index in [-0.39, 0.29) is 5.56 Å². The molecule has 4 nitrogen and oxygen atoms in total. The van der Waals surface area contributed by atoms with Gasteiger partial charge in [0.2, 0.25) is 0 Å². The van der Waals surface area contributed by atoms with Crippen LogP contribution in [0.3, 0.4) is 0 Å². The Morgan fingerprint density at radius 3 is 2.58 bits per heavy atom. The minimum absolute atomic E-state index is 0.213. The van der Waals surface area contributed by atoms with Gasteiger partial charge in [0.25, 0.3) is 4.87 Å². The van der Waals surface area contributed by atoms with Gasteiger partial charge in [-0.1, -0.05) is 41.2 Å². The number of hydrogen-bond donors (Lipinski definition) is 1. The summed E-state index contributed by atoms with van der Waals surface area (Å²) in [6.07, 6.45) is 0. The van der Waals surface area contributed by atoms with E-state index in [1.165, 1.54) is 16.9 Å². The van der Waals surface area contributed by atoms with Gasteiger partial charge in [0, 0.05) is 10.9 Å². The molecule has 122 valence electrons. The van der Waals surface area contributed by atoms with Gasteiger partial charge in [-0.3, -0.25) is 0 Å². The van der Waals surface area contributed by atoms with Crippen molar-refractivity contribution in [2.24, 2.45) is 4.99 Å². The molecule has 1 heterocycles. The molecule has 0 aliphatic heterocycles. The van der Waals surface area contributed by atoms with Gasteiger partial charge in [-0.2, -0.15) is 0 Å². The molecule has 1 N–H and O–H groups in total. The molecule has 3 aromatic rings. The second-order valence-corrected chi connectivity index (χ2v) is 6.53. The van der Waals surface area contributed by atoms with E-state index >= 15 is 0 Å². The summed E-state index contributed by atoms with van der Waals surface area (Å²) in [6, 6.07) is 11.1. The van der Waals surface area contributed by atoms with Crippen molar-refractivity contribution >= 4 is 23.0 Å². The summed E-state index contributed by atoms with van der Waals surface area (Å²) < 4.78 is 5.85. The molecule has 0 atom stereocenters. The molecule has 3 rings (SSSR count). The van der Waals surface area contributed by atoms with Crippen LogP contribution in [0.2, 0.25) is 0 Å². The highest BCUT2D eigenvalue weighted by atomic mass is 32.1. The van der Waals surface area contributed by atoms with Crippen LogP contribution in [-0.4, -0.2) is 11.1 Å². The van der Waals surface area contributed by atoms with Crippen molar-refractivity contribution in [2.45, 2.75) is 20.8 Å². The van der Waals surface area contributed by atoms with Gasteiger partial charge in [0.1, 0.15) is 5.76 Å². The lowest BCUT2D eigenvalue weighted by atomic mass is 10.0. The van der Waals surface area contributed by atoms with Crippen LogP contribution in [0.25, 0.3) is 11.3 Å². The van der Waals surface area contributed by atoms with E-state index in [0.717, 1.165) is 22.5 Å². The summed E-state index contributed by atoms with van der Waals surface area (Å²) in [4.78, 5) is 16.1. The molecule has 0 saturated heterocycles. The lowest BCUT2D eigenvalue weighted by molar-refractivity contribution is 0.0697. The number of carbonyl (C=O) groups is 1. The Morgan fingerprint density at radius 1 is 1.08 bits per heavy atom. The zero-order valence-electron chi connectivity index (χ0n) is 13.7. The summed E-state index contributed by atoms with van der Waals surface area (Å²) in [5, 5.41) is 11.0. The molecule has 0 bridgehead atoms. The molecular weight excluding hydrogens is 322 g/mol. The van der Waals surface area contributed by atoms with Crippen LogP contribution in [0.1, 0.15) is 27.0 Å². The van der Waals surface area contributed by atoms with Crippen LogP contribution in [0.5, 0.6) is 0 Å². The molecule has 5 heteroatoms. The van der Waals surface area contributed by atoms with E-state index in [1.54, 1.807) is 18.2 Å². The Hall–Kier alpha value is -2.66. The predicted molar refractivity (Wildman–Crippen MR) is 94.9 cm³/mol. The zero-order chi connectivity index (χ0) is 17.3. The standard InChI is InChI=1S/C19H17NO3S/c1-11-4-7-15(13(3)8-11)17-10-24-19(23-17)20-16-9-14(18(21)22)6-5-12(16)2/h4-10H,1-3H3,(H,21,22). The zero-order valence-corrected chi connectivity index (χ0v) is 14.5. The largest absolute Gasteiger partial charge is 0.478 e. The highest BCUT2D eigenvalue weighted by Gasteiger charge is 2.08. The molecule has 0 amide bonds. The van der Waals surface area contributed by atoms with E-state index in [0.29, 0.717) is 10.6 Å². The first-order valence-electron chi connectivity index (χ1n) is 7.49. The SMILES string of the molecule is Cc1ccc(-c2csc(=Nc3cc(C(=O)O)ccc3C)o2)c(C)c1. The highest BCUT2D eigenvalue weighted by molar-refractivity contribution is 7.07. The number of carboxylic acids is 1. The average molecular weight is 339 g/mol. The van der Waals surface area contributed by atoms with Gasteiger partial charge in [0.05, 0.1) is 11.3 Å². The maximum Gasteiger partial charge on any atom is 0.335 e. The Labute approximate surface area is 143 Å². The average Bonchev–Trinajstić information content (AvgIpc) is 2.97. The van der Waals surface area contributed by atoms with Crippen LogP contribution in [0.15, 0.2) is 51.2 Å². The molecule has 0 aliphatic carbocycles. The Kier molecular flexibility index (Phi) is 4.36. The van der Waals surface area contributed by atoms with Crippen LogP contribution in [-0.2, 0) is 0 Å². The first kappa shape index (κ1) is 16.2. The minimum Gasteiger partial charge on any atom is -0.478 e. The highest BCUT2D eigenvalue weighted by Crippen LogP contribution is 2.25. The Morgan fingerprint density at radius 2 is 1.88 bits per heavy atom. The maximum absolute atomic E-state index is 11.1. The Bertz CT molecular complexity index is 982. The molecule has 0 spiro atoms. The number of benzene rings is 2. The van der Waals surface area contributed by atoms with Crippen molar-refractivity contribution in [1.29, 1.82) is 0 Å². The van der Waals surface area contributed by atoms with Gasteiger partial charge in [0.15, 0.2) is 0 Å². The summed E-state index contributed by atoms with van der Waals surface area (Å²) >= 11 is 1.39. The smallest absolute Gasteiger partial charge is 0.335 e. The van der Waals surface area contributed by atoms with Gasteiger partial charge >= 0.3 is 5.97 Å². The summed E-state index contributed by atoms with van der Waals surface area (Å²) in [5.74, 6) is -0.200. The van der Waals surface area contributed by atoms with Crippen molar-refractivity contribution in [2.75, 3.05) is 0 Å². The van der Waals surface area contributed by atoms with Gasteiger partial charge in [-0.05, 0) is 44.0 Å². The van der Waals surface area contributed by atoms with Crippen molar-refractivity contribution in [3.05, 3.63) is 68.9 Å². The number of aryl methyl sites for hydroxylation is 3. The maximum atomic E-state index is 11.1. The fourth-order valence-electron chi connectivity index (χ4n) is 2.47. The number of carboxylic acid groups (broad SMARTS) is 1. The van der Waals surface area contributed by atoms with Crippen molar-refractivity contribution in [1.82, 2.24) is 0 Å². The number of hydrogen-bond acceptors (Lipinski definition) is 4. The second-order valence-electron chi connectivity index (χ2n) is 5.70. The summed E-state index contributed by atoms with van der Waals surface area (Å²) in [7, 11) is 0. The molecular formula is C19H17NO3S. The number of aromatic carboxylic acids is 1. The molecule has 0 fully saturated rings. The molecule has 0 unspecified atom stereocenters. The van der Waals surface area contributed by atoms with Gasteiger partial charge in [-0.25, -0.2) is 9.79 Å². The predicted octanol–water partition coefficient (Wildman–Crippen LogP) is 4.86. The van der Waals surface area contributed by atoms with E-state index in [2.05, 4.69) is 18.0 Å². The Balaban J connectivity index is 2.03. The molecule has 0 aliphatic rings. The third kappa shape index (κ3) is 3.31. The number of rotatable bonds is 3. The quantitative estimate of drug-likeness (QED) is 0.741. The second kappa shape index (κ2) is 6.45. The van der Waals surface area contributed by atoms with Crippen molar-refractivity contribution < 1.29 is 14.3 Å². The molecule has 2 aromatic carbocycles. The molecule has 24 heavy (non-hydrogen) atoms. The molecule has 1 aromatic heterocycles. The molecule has 0 radical (unpaired) electrons. The van der Waals surface area contributed by atoms with Crippen molar-refractivity contribution in [3.63, 3.8) is 0 Å². The number of nitrogens with zero attached hydrogens (tertiary/aromatic N) is 1. The van der Waals surface area contributed by atoms with E-state index in [9.17, 15) is 4.79 Å². The van der Waals surface area contributed by atoms with Gasteiger partial charge < -0.3 is 9.52 Å². The molecule has 0 saturated carbocycles. The summed E-state index contributed by atoms with van der Waals surface area (Å²) in [6.45, 7) is 6.00. The topological polar surface area (TPSA) is 62.8 Å². The normalized spacial score (nSPS) is 11.7.